The van der Waals surface area contributed by atoms with Crippen molar-refractivity contribution >= 4 is 21.7 Å². The summed E-state index contributed by atoms with van der Waals surface area (Å²) in [5.41, 5.74) is 0. The summed E-state index contributed by atoms with van der Waals surface area (Å²) in [5.74, 6) is -0.393. The van der Waals surface area contributed by atoms with Gasteiger partial charge in [-0.05, 0) is 22.8 Å². The van der Waals surface area contributed by atoms with E-state index in [0.29, 0.717) is 0 Å². The van der Waals surface area contributed by atoms with Crippen LogP contribution in [0.5, 0.6) is 0 Å². The molecule has 0 fully saturated rings. The number of hydrogen-bond acceptors (Lipinski definition) is 3. The van der Waals surface area contributed by atoms with Gasteiger partial charge in [-0.3, -0.25) is 4.98 Å². The fourth-order valence-electron chi connectivity index (χ4n) is 0.498. The smallest absolute Gasteiger partial charge is 0.148 e. The lowest BCUT2D eigenvalue weighted by molar-refractivity contribution is 0.923. The minimum absolute atomic E-state index is 0.130. The Hall–Kier alpha value is -0.640. The van der Waals surface area contributed by atoms with Gasteiger partial charge in [-0.15, -0.1) is 0 Å². The van der Waals surface area contributed by atoms with E-state index in [0.717, 1.165) is 6.20 Å². The zero-order valence-electron chi connectivity index (χ0n) is 13.4. The van der Waals surface area contributed by atoms with Crippen LogP contribution in [0.3, 0.4) is 0 Å². The highest BCUT2D eigenvalue weighted by molar-refractivity contribution is 9.10. The molecule has 1 aromatic heterocycles. The molecule has 0 aliphatic heterocycles. The Kier molecular flexibility index (Phi) is 0.897. The lowest BCUT2D eigenvalue weighted by Gasteiger charge is -2.14. The first kappa shape index (κ1) is 2.69. The molecule has 0 radical (unpaired) electrons. The van der Waals surface area contributed by atoms with Crippen molar-refractivity contribution in [1.29, 1.82) is 0 Å². The van der Waals surface area contributed by atoms with E-state index in [-0.39, 0.29) is 9.50 Å². The first-order valence-electron chi connectivity index (χ1n) is 6.65. The Labute approximate surface area is 85.8 Å². The molecule has 3 nitrogen and oxygen atoms in total. The summed E-state index contributed by atoms with van der Waals surface area (Å²) in [5, 5.41) is 0. The lowest BCUT2D eigenvalue weighted by atomic mass is 10.5. The number of halogens is 1. The van der Waals surface area contributed by atoms with E-state index in [2.05, 4.69) is 25.9 Å². The van der Waals surface area contributed by atoms with Crippen LogP contribution < -0.4 is 4.90 Å². The summed E-state index contributed by atoms with van der Waals surface area (Å²) in [7, 11) is 0. The second-order valence-corrected chi connectivity index (χ2v) is 2.46. The maximum atomic E-state index is 7.59. The van der Waals surface area contributed by atoms with Crippen LogP contribution in [0.2, 0.25) is 0 Å². The van der Waals surface area contributed by atoms with Crippen LogP contribution in [0.25, 0.3) is 0 Å². The lowest BCUT2D eigenvalue weighted by Crippen LogP contribution is -2.17. The normalized spacial score (nSPS) is 24.1. The highest BCUT2D eigenvalue weighted by Gasteiger charge is 1.99. The third-order valence-electron chi connectivity index (χ3n) is 0.933. The number of nitrogens with zero attached hydrogens (tertiary/aromatic N) is 3. The Bertz CT molecular complexity index is 456. The first-order chi connectivity index (χ1) is 8.37. The van der Waals surface area contributed by atoms with E-state index >= 15 is 0 Å². The number of anilines is 1. The van der Waals surface area contributed by atoms with Gasteiger partial charge in [-0.2, -0.15) is 0 Å². The highest BCUT2D eigenvalue weighted by Crippen LogP contribution is 2.10. The van der Waals surface area contributed by atoms with Gasteiger partial charge in [0.1, 0.15) is 10.4 Å². The summed E-state index contributed by atoms with van der Waals surface area (Å²) in [6, 6.07) is 0. The minimum atomic E-state index is -3.16. The molecule has 1 aromatic rings. The molecule has 0 spiro atoms. The molecule has 0 saturated carbocycles. The summed E-state index contributed by atoms with van der Waals surface area (Å²) in [4.78, 5) is 7.54. The molecule has 0 bridgehead atoms. The molecule has 1 heterocycles. The molecular weight excluding hydrogens is 206 g/mol. The van der Waals surface area contributed by atoms with Gasteiger partial charge in [0.15, 0.2) is 0 Å². The Morgan fingerprint density at radius 2 is 2.73 bits per heavy atom. The van der Waals surface area contributed by atoms with Crippen LogP contribution in [-0.2, 0) is 0 Å². The van der Waals surface area contributed by atoms with Crippen LogP contribution in [0.4, 0.5) is 5.82 Å². The second kappa shape index (κ2) is 3.67. The molecule has 4 heteroatoms. The zero-order valence-corrected chi connectivity index (χ0v) is 6.96. The summed E-state index contributed by atoms with van der Waals surface area (Å²) >= 11 is 2.97. The molecule has 11 heavy (non-hydrogen) atoms. The van der Waals surface area contributed by atoms with Crippen molar-refractivity contribution < 1.29 is 11.0 Å². The van der Waals surface area contributed by atoms with Crippen molar-refractivity contribution in [3.63, 3.8) is 0 Å². The number of rotatable bonds is 2. The topological polar surface area (TPSA) is 29.0 Å². The fourth-order valence-corrected chi connectivity index (χ4v) is 0.798. The van der Waals surface area contributed by atoms with E-state index in [1.54, 1.807) is 0 Å². The first-order valence-corrected chi connectivity index (χ1v) is 3.44. The van der Waals surface area contributed by atoms with Crippen molar-refractivity contribution in [2.24, 2.45) is 0 Å². The van der Waals surface area contributed by atoms with E-state index in [4.69, 9.17) is 11.0 Å². The molecule has 0 aliphatic rings. The van der Waals surface area contributed by atoms with Gasteiger partial charge in [-0.25, -0.2) is 4.98 Å². The highest BCUT2D eigenvalue weighted by atomic mass is 79.9. The second-order valence-electron chi connectivity index (χ2n) is 1.65. The third-order valence-corrected chi connectivity index (χ3v) is 1.32. The molecule has 0 saturated heterocycles. The van der Waals surface area contributed by atoms with E-state index < -0.39 is 26.1 Å². The Morgan fingerprint density at radius 1 is 1.82 bits per heavy atom. The Morgan fingerprint density at radius 3 is 3.36 bits per heavy atom. The van der Waals surface area contributed by atoms with Crippen molar-refractivity contribution in [3.8, 4) is 0 Å². The Balaban J connectivity index is 3.41. The van der Waals surface area contributed by atoms with E-state index in [1.165, 1.54) is 6.20 Å². The third kappa shape index (κ3) is 2.15. The van der Waals surface area contributed by atoms with Gasteiger partial charge in [0, 0.05) is 24.4 Å². The van der Waals surface area contributed by atoms with Gasteiger partial charge < -0.3 is 4.90 Å². The molecule has 0 aromatic carbocycles. The molecule has 0 atom stereocenters. The van der Waals surface area contributed by atoms with E-state index in [1.807, 2.05) is 0 Å². The molecule has 60 valence electrons. The van der Waals surface area contributed by atoms with Gasteiger partial charge in [-0.1, -0.05) is 0 Å². The number of aromatic nitrogens is 2. The van der Waals surface area contributed by atoms with Crippen LogP contribution in [-0.4, -0.2) is 23.4 Å². The van der Waals surface area contributed by atoms with Gasteiger partial charge in [0.2, 0.25) is 0 Å². The van der Waals surface area contributed by atoms with Gasteiger partial charge >= 0.3 is 0 Å². The number of hydrogen-bond donors (Lipinski definition) is 0. The van der Waals surface area contributed by atoms with Crippen LogP contribution in [0.15, 0.2) is 17.0 Å². The molecule has 0 amide bonds. The van der Waals surface area contributed by atoms with E-state index in [9.17, 15) is 0 Å². The predicted molar refractivity (Wildman–Crippen MR) is 48.7 cm³/mol. The molecule has 0 aliphatic carbocycles. The van der Waals surface area contributed by atoms with Gasteiger partial charge in [0.05, 0.1) is 12.4 Å². The summed E-state index contributed by atoms with van der Waals surface area (Å²) in [6.07, 6.45) is 2.26. The molecule has 0 N–H and O–H groups in total. The van der Waals surface area contributed by atoms with Crippen LogP contribution in [0, 0.1) is 0 Å². The average molecular weight is 224 g/mol. The molecular formula is C7H10BrN3. The average Bonchev–Trinajstić information content (AvgIpc) is 2.12. The maximum Gasteiger partial charge on any atom is 0.148 e. The van der Waals surface area contributed by atoms with Gasteiger partial charge in [0.25, 0.3) is 0 Å². The monoisotopic (exact) mass is 223 g/mol. The summed E-state index contributed by atoms with van der Waals surface area (Å²) < 4.78 is 58.8. The summed E-state index contributed by atoms with van der Waals surface area (Å²) in [6.45, 7) is -9.30. The van der Waals surface area contributed by atoms with Crippen molar-refractivity contribution in [2.75, 3.05) is 18.4 Å². The van der Waals surface area contributed by atoms with Crippen LogP contribution in [0.1, 0.15) is 17.8 Å². The quantitative estimate of drug-likeness (QED) is 0.765. The standard InChI is InChI=1S/C7H10BrN3/c1-3-11(2)7-5-9-4-6(8)10-7/h4-5H,3H2,1-2H3/i1D3,2D3,3D2. The maximum absolute atomic E-state index is 7.59. The zero-order chi connectivity index (χ0) is 15.1. The van der Waals surface area contributed by atoms with Crippen molar-refractivity contribution in [2.45, 2.75) is 6.85 Å². The van der Waals surface area contributed by atoms with Crippen molar-refractivity contribution in [1.82, 2.24) is 9.97 Å². The van der Waals surface area contributed by atoms with Crippen LogP contribution >= 0.6 is 15.9 Å². The minimum Gasteiger partial charge on any atom is -0.359 e. The largest absolute Gasteiger partial charge is 0.359 e. The predicted octanol–water partition coefficient (Wildman–Crippen LogP) is 1.70. The van der Waals surface area contributed by atoms with Crippen molar-refractivity contribution in [3.05, 3.63) is 17.0 Å². The SMILES string of the molecule is [2H]C([2H])([2H])N(c1cncc(Br)n1)C([2H])([2H])C([2H])([2H])[2H]. The molecule has 0 unspecified atom stereocenters. The fraction of sp³-hybridized carbons (Fsp3) is 0.429. The molecule has 1 rings (SSSR count).